The molecule has 5 nitrogen and oxygen atoms in total. The quantitative estimate of drug-likeness (QED) is 0.682. The van der Waals surface area contributed by atoms with Gasteiger partial charge in [-0.2, -0.15) is 0 Å². The van der Waals surface area contributed by atoms with E-state index in [-0.39, 0.29) is 5.91 Å². The maximum absolute atomic E-state index is 12.4. The molecule has 26 heavy (non-hydrogen) atoms. The Morgan fingerprint density at radius 2 is 2.31 bits per heavy atom. The fourth-order valence-electron chi connectivity index (χ4n) is 3.33. The second-order valence-corrected chi connectivity index (χ2v) is 8.93. The fraction of sp³-hybridized carbons (Fsp3) is 0.368. The minimum Gasteiger partial charge on any atom is -0.472 e. The first-order valence-corrected chi connectivity index (χ1v) is 10.4. The monoisotopic (exact) mass is 387 g/mol. The van der Waals surface area contributed by atoms with Crippen LogP contribution in [0.25, 0.3) is 0 Å². The largest absolute Gasteiger partial charge is 0.472 e. The van der Waals surface area contributed by atoms with Crippen molar-refractivity contribution in [2.75, 3.05) is 6.54 Å². The first-order chi connectivity index (χ1) is 12.7. The average molecular weight is 388 g/mol. The van der Waals surface area contributed by atoms with Crippen molar-refractivity contribution in [2.45, 2.75) is 38.9 Å². The molecule has 1 atom stereocenters. The van der Waals surface area contributed by atoms with E-state index in [1.54, 1.807) is 35.2 Å². The minimum atomic E-state index is -0.0231. The highest BCUT2D eigenvalue weighted by Gasteiger charge is 2.28. The van der Waals surface area contributed by atoms with E-state index >= 15 is 0 Å². The lowest BCUT2D eigenvalue weighted by atomic mass is 10.2. The minimum absolute atomic E-state index is 0.0231. The van der Waals surface area contributed by atoms with Gasteiger partial charge < -0.3 is 9.73 Å². The zero-order valence-corrected chi connectivity index (χ0v) is 16.2. The van der Waals surface area contributed by atoms with Crippen molar-refractivity contribution in [1.82, 2.24) is 15.2 Å². The Bertz CT molecular complexity index is 869. The molecule has 0 aromatic carbocycles. The molecule has 4 rings (SSSR count). The van der Waals surface area contributed by atoms with Crippen LogP contribution < -0.4 is 5.32 Å². The topological polar surface area (TPSA) is 58.4 Å². The van der Waals surface area contributed by atoms with Crippen molar-refractivity contribution < 1.29 is 9.21 Å². The lowest BCUT2D eigenvalue weighted by molar-refractivity contribution is 0.0955. The Kier molecular flexibility index (Phi) is 5.19. The number of carbonyl (C=O) groups is 1. The van der Waals surface area contributed by atoms with Crippen molar-refractivity contribution in [3.63, 3.8) is 0 Å². The number of likely N-dealkylation sites (tertiary alicyclic amines) is 1. The number of rotatable bonds is 6. The normalized spacial score (nSPS) is 17.7. The molecule has 3 aromatic rings. The van der Waals surface area contributed by atoms with Gasteiger partial charge in [0, 0.05) is 40.6 Å². The molecule has 1 fully saturated rings. The van der Waals surface area contributed by atoms with Crippen LogP contribution in [0.1, 0.15) is 48.9 Å². The zero-order valence-electron chi connectivity index (χ0n) is 14.6. The molecular weight excluding hydrogens is 366 g/mol. The average Bonchev–Trinajstić information content (AvgIpc) is 3.41. The maximum Gasteiger partial charge on any atom is 0.261 e. The Labute approximate surface area is 160 Å². The third-order valence-electron chi connectivity index (χ3n) is 4.60. The van der Waals surface area contributed by atoms with E-state index in [2.05, 4.69) is 21.3 Å². The molecule has 1 aliphatic rings. The zero-order chi connectivity index (χ0) is 17.9. The molecule has 0 unspecified atom stereocenters. The van der Waals surface area contributed by atoms with E-state index in [1.165, 1.54) is 16.2 Å². The van der Waals surface area contributed by atoms with Crippen molar-refractivity contribution >= 4 is 28.6 Å². The highest BCUT2D eigenvalue weighted by molar-refractivity contribution is 7.14. The van der Waals surface area contributed by atoms with Gasteiger partial charge in [0.25, 0.3) is 5.91 Å². The molecule has 0 bridgehead atoms. The SMILES string of the molecule is Cc1ncc(CN2CCC[C@@H]2c2ccc(C(=O)NCc3ccoc3)s2)s1. The van der Waals surface area contributed by atoms with Crippen LogP contribution in [0, 0.1) is 6.92 Å². The molecule has 1 saturated heterocycles. The predicted molar refractivity (Wildman–Crippen MR) is 103 cm³/mol. The number of nitrogens with zero attached hydrogens (tertiary/aromatic N) is 2. The number of furan rings is 1. The number of hydrogen-bond donors (Lipinski definition) is 1. The summed E-state index contributed by atoms with van der Waals surface area (Å²) >= 11 is 3.37. The van der Waals surface area contributed by atoms with Crippen molar-refractivity contribution in [3.05, 3.63) is 62.1 Å². The van der Waals surface area contributed by atoms with E-state index < -0.39 is 0 Å². The third kappa shape index (κ3) is 3.90. The van der Waals surface area contributed by atoms with E-state index in [9.17, 15) is 4.79 Å². The number of hydrogen-bond acceptors (Lipinski definition) is 6. The molecule has 136 valence electrons. The molecule has 1 aliphatic heterocycles. The van der Waals surface area contributed by atoms with Crippen molar-refractivity contribution in [3.8, 4) is 0 Å². The molecule has 4 heterocycles. The van der Waals surface area contributed by atoms with Crippen LogP contribution >= 0.6 is 22.7 Å². The Morgan fingerprint density at radius 1 is 1.38 bits per heavy atom. The lowest BCUT2D eigenvalue weighted by Crippen LogP contribution is -2.22. The number of nitrogens with one attached hydrogen (secondary N) is 1. The molecule has 3 aromatic heterocycles. The number of amides is 1. The maximum atomic E-state index is 12.4. The predicted octanol–water partition coefficient (Wildman–Crippen LogP) is 4.37. The van der Waals surface area contributed by atoms with Crippen LogP contribution in [-0.2, 0) is 13.1 Å². The third-order valence-corrected chi connectivity index (χ3v) is 6.69. The van der Waals surface area contributed by atoms with Gasteiger partial charge in [-0.25, -0.2) is 4.98 Å². The highest BCUT2D eigenvalue weighted by atomic mass is 32.1. The molecule has 0 saturated carbocycles. The van der Waals surface area contributed by atoms with Crippen molar-refractivity contribution in [2.24, 2.45) is 0 Å². The Morgan fingerprint density at radius 3 is 3.08 bits per heavy atom. The van der Waals surface area contributed by atoms with Gasteiger partial charge in [-0.1, -0.05) is 0 Å². The van der Waals surface area contributed by atoms with Gasteiger partial charge in [-0.15, -0.1) is 22.7 Å². The number of thiazole rings is 1. The van der Waals surface area contributed by atoms with Gasteiger partial charge in [0.05, 0.1) is 22.4 Å². The summed E-state index contributed by atoms with van der Waals surface area (Å²) in [6.45, 7) is 4.57. The van der Waals surface area contributed by atoms with Crippen molar-refractivity contribution in [1.29, 1.82) is 0 Å². The van der Waals surface area contributed by atoms with Crippen LogP contribution in [-0.4, -0.2) is 22.3 Å². The van der Waals surface area contributed by atoms with Gasteiger partial charge in [0.2, 0.25) is 0 Å². The molecule has 0 spiro atoms. The van der Waals surface area contributed by atoms with Crippen LogP contribution in [0.3, 0.4) is 0 Å². The lowest BCUT2D eigenvalue weighted by Gasteiger charge is -2.22. The fourth-order valence-corrected chi connectivity index (χ4v) is 5.25. The van der Waals surface area contributed by atoms with Gasteiger partial charge >= 0.3 is 0 Å². The summed E-state index contributed by atoms with van der Waals surface area (Å²) < 4.78 is 5.03. The first kappa shape index (κ1) is 17.5. The van der Waals surface area contributed by atoms with E-state index in [0.29, 0.717) is 12.6 Å². The number of aryl methyl sites for hydroxylation is 1. The Hall–Kier alpha value is -1.96. The summed E-state index contributed by atoms with van der Waals surface area (Å²) in [6.07, 6.45) is 7.59. The van der Waals surface area contributed by atoms with Gasteiger partial charge in [-0.05, 0) is 44.5 Å². The number of carbonyl (C=O) groups excluding carboxylic acids is 1. The first-order valence-electron chi connectivity index (χ1n) is 8.73. The van der Waals surface area contributed by atoms with E-state index in [1.807, 2.05) is 25.3 Å². The highest BCUT2D eigenvalue weighted by Crippen LogP contribution is 2.37. The molecule has 7 heteroatoms. The van der Waals surface area contributed by atoms with Gasteiger partial charge in [-0.3, -0.25) is 9.69 Å². The summed E-state index contributed by atoms with van der Waals surface area (Å²) in [4.78, 5) is 22.6. The molecule has 0 radical (unpaired) electrons. The smallest absolute Gasteiger partial charge is 0.261 e. The van der Waals surface area contributed by atoms with Gasteiger partial charge in [0.1, 0.15) is 0 Å². The molecule has 1 amide bonds. The van der Waals surface area contributed by atoms with Crippen LogP contribution in [0.2, 0.25) is 0 Å². The number of aromatic nitrogens is 1. The van der Waals surface area contributed by atoms with E-state index in [4.69, 9.17) is 4.42 Å². The molecular formula is C19H21N3O2S2. The number of thiophene rings is 1. The summed E-state index contributed by atoms with van der Waals surface area (Å²) in [5, 5.41) is 4.06. The molecule has 0 aliphatic carbocycles. The Balaban J connectivity index is 1.40. The summed E-state index contributed by atoms with van der Waals surface area (Å²) in [5.41, 5.74) is 0.969. The second-order valence-electron chi connectivity index (χ2n) is 6.49. The second kappa shape index (κ2) is 7.73. The van der Waals surface area contributed by atoms with Crippen LogP contribution in [0.5, 0.6) is 0 Å². The van der Waals surface area contributed by atoms with Gasteiger partial charge in [0.15, 0.2) is 0 Å². The van der Waals surface area contributed by atoms with Crippen LogP contribution in [0.4, 0.5) is 0 Å². The standard InChI is InChI=1S/C19H21N3O2S2/c1-13-20-10-15(25-13)11-22-7-2-3-16(22)17-4-5-18(26-17)19(23)21-9-14-6-8-24-12-14/h4-6,8,10,12,16H,2-3,7,9,11H2,1H3,(H,21,23)/t16-/m1/s1. The van der Waals surface area contributed by atoms with Crippen LogP contribution in [0.15, 0.2) is 41.3 Å². The summed E-state index contributed by atoms with van der Waals surface area (Å²) in [7, 11) is 0. The summed E-state index contributed by atoms with van der Waals surface area (Å²) in [6, 6.07) is 6.31. The van der Waals surface area contributed by atoms with E-state index in [0.717, 1.165) is 35.0 Å². The summed E-state index contributed by atoms with van der Waals surface area (Å²) in [5.74, 6) is -0.0231. The molecule has 1 N–H and O–H groups in total.